The summed E-state index contributed by atoms with van der Waals surface area (Å²) in [5.74, 6) is 0.232. The molecule has 0 aromatic carbocycles. The molecule has 3 aliphatic heterocycles. The Balaban J connectivity index is 1.45. The van der Waals surface area contributed by atoms with Crippen LogP contribution in [0, 0.1) is 0 Å². The molecular weight excluding hydrogens is 370 g/mol. The third-order valence-electron chi connectivity index (χ3n) is 7.01. The number of ether oxygens (including phenoxy) is 1. The Hall–Kier alpha value is -1.93. The van der Waals surface area contributed by atoms with E-state index in [0.717, 1.165) is 43.7 Å². The highest BCUT2D eigenvalue weighted by molar-refractivity contribution is 5.79. The summed E-state index contributed by atoms with van der Waals surface area (Å²) in [6.07, 6.45) is 7.01. The average Bonchev–Trinajstić information content (AvgIpc) is 3.41. The van der Waals surface area contributed by atoms with Crippen molar-refractivity contribution in [2.75, 3.05) is 46.4 Å². The molecule has 8 heteroatoms. The van der Waals surface area contributed by atoms with E-state index in [2.05, 4.69) is 21.8 Å². The fourth-order valence-electron chi connectivity index (χ4n) is 5.37. The molecule has 0 aliphatic carbocycles. The predicted molar refractivity (Wildman–Crippen MR) is 108 cm³/mol. The molecule has 0 bridgehead atoms. The molecule has 1 N–H and O–H groups in total. The van der Waals surface area contributed by atoms with Gasteiger partial charge in [0.2, 0.25) is 11.8 Å². The first-order valence-electron chi connectivity index (χ1n) is 10.9. The van der Waals surface area contributed by atoms with Crippen LogP contribution in [0.25, 0.3) is 0 Å². The van der Waals surface area contributed by atoms with Crippen molar-refractivity contribution in [3.63, 3.8) is 0 Å². The van der Waals surface area contributed by atoms with Crippen LogP contribution in [-0.4, -0.2) is 89.0 Å². The lowest BCUT2D eigenvalue weighted by atomic mass is 9.78. The van der Waals surface area contributed by atoms with Crippen LogP contribution in [0.5, 0.6) is 0 Å². The number of piperidine rings is 1. The first-order valence-corrected chi connectivity index (χ1v) is 10.9. The van der Waals surface area contributed by atoms with Crippen LogP contribution in [-0.2, 0) is 26.3 Å². The van der Waals surface area contributed by atoms with E-state index in [-0.39, 0.29) is 18.4 Å². The fraction of sp³-hybridized carbons (Fsp3) is 0.762. The molecule has 2 amide bonds. The van der Waals surface area contributed by atoms with Crippen LogP contribution in [0.3, 0.4) is 0 Å². The Bertz CT molecular complexity index is 734. The second kappa shape index (κ2) is 8.44. The Labute approximate surface area is 172 Å². The highest BCUT2D eigenvalue weighted by Gasteiger charge is 2.49. The van der Waals surface area contributed by atoms with Gasteiger partial charge in [-0.2, -0.15) is 0 Å². The van der Waals surface area contributed by atoms with Crippen molar-refractivity contribution in [1.82, 2.24) is 24.7 Å². The molecule has 4 rings (SSSR count). The summed E-state index contributed by atoms with van der Waals surface area (Å²) in [5.41, 5.74) is 1.67. The molecule has 1 unspecified atom stereocenters. The number of amides is 2. The molecule has 4 heterocycles. The highest BCUT2D eigenvalue weighted by atomic mass is 16.5. The lowest BCUT2D eigenvalue weighted by Gasteiger charge is -2.50. The summed E-state index contributed by atoms with van der Waals surface area (Å²) in [6, 6.07) is 0.299. The minimum absolute atomic E-state index is 0.00332. The molecular formula is C21H33N5O3. The Morgan fingerprint density at radius 3 is 2.59 bits per heavy atom. The number of aromatic amines is 1. The SMILES string of the molecule is COCC(=O)N1CCc2[nH]cnc2C12CCN(C(=O)CC(C)N1CCCC1)CC2. The Kier molecular flexibility index (Phi) is 5.92. The van der Waals surface area contributed by atoms with E-state index in [1.807, 2.05) is 9.80 Å². The van der Waals surface area contributed by atoms with Gasteiger partial charge < -0.3 is 24.4 Å². The maximum atomic E-state index is 12.9. The first-order chi connectivity index (χ1) is 14.0. The number of hydrogen-bond donors (Lipinski definition) is 1. The zero-order valence-electron chi connectivity index (χ0n) is 17.7. The van der Waals surface area contributed by atoms with E-state index in [4.69, 9.17) is 4.74 Å². The topological polar surface area (TPSA) is 81.8 Å². The van der Waals surface area contributed by atoms with Crippen molar-refractivity contribution < 1.29 is 14.3 Å². The van der Waals surface area contributed by atoms with Gasteiger partial charge in [0.15, 0.2) is 0 Å². The van der Waals surface area contributed by atoms with Gasteiger partial charge in [0.25, 0.3) is 0 Å². The number of aromatic nitrogens is 2. The standard InChI is InChI=1S/C21H33N5O3/c1-16(24-8-3-4-9-24)13-18(27)25-11-6-21(7-12-25)20-17(22-15-23-20)5-10-26(21)19(28)14-29-2/h15-16H,3-14H2,1-2H3,(H,22,23). The van der Waals surface area contributed by atoms with Crippen LogP contribution in [0.15, 0.2) is 6.33 Å². The second-order valence-corrected chi connectivity index (χ2v) is 8.67. The minimum atomic E-state index is -0.430. The number of methoxy groups -OCH3 is 1. The number of imidazole rings is 1. The number of nitrogens with one attached hydrogen (secondary N) is 1. The van der Waals surface area contributed by atoms with Gasteiger partial charge in [0.05, 0.1) is 17.6 Å². The number of carbonyl (C=O) groups excluding carboxylic acids is 2. The molecule has 1 atom stereocenters. The number of hydrogen-bond acceptors (Lipinski definition) is 5. The molecule has 0 saturated carbocycles. The molecule has 3 aliphatic rings. The molecule has 1 spiro atoms. The van der Waals surface area contributed by atoms with Crippen molar-refractivity contribution >= 4 is 11.8 Å². The molecule has 8 nitrogen and oxygen atoms in total. The van der Waals surface area contributed by atoms with Gasteiger partial charge in [-0.3, -0.25) is 9.59 Å². The monoisotopic (exact) mass is 403 g/mol. The zero-order valence-corrected chi connectivity index (χ0v) is 17.7. The number of rotatable bonds is 5. The van der Waals surface area contributed by atoms with Crippen LogP contribution in [0.1, 0.15) is 50.4 Å². The first kappa shape index (κ1) is 20.3. The number of likely N-dealkylation sites (tertiary alicyclic amines) is 2. The van der Waals surface area contributed by atoms with Crippen LogP contribution < -0.4 is 0 Å². The molecule has 1 aromatic heterocycles. The third-order valence-corrected chi connectivity index (χ3v) is 7.01. The molecule has 29 heavy (non-hydrogen) atoms. The zero-order chi connectivity index (χ0) is 20.4. The molecule has 160 valence electrons. The maximum absolute atomic E-state index is 12.9. The Morgan fingerprint density at radius 1 is 1.17 bits per heavy atom. The van der Waals surface area contributed by atoms with Crippen molar-refractivity contribution in [2.24, 2.45) is 0 Å². The molecule has 0 radical (unpaired) electrons. The summed E-state index contributed by atoms with van der Waals surface area (Å²) in [7, 11) is 1.55. The Morgan fingerprint density at radius 2 is 1.90 bits per heavy atom. The summed E-state index contributed by atoms with van der Waals surface area (Å²) < 4.78 is 5.12. The van der Waals surface area contributed by atoms with Crippen LogP contribution in [0.4, 0.5) is 0 Å². The second-order valence-electron chi connectivity index (χ2n) is 8.67. The predicted octanol–water partition coefficient (Wildman–Crippen LogP) is 1.13. The van der Waals surface area contributed by atoms with Crippen LogP contribution >= 0.6 is 0 Å². The van der Waals surface area contributed by atoms with Crippen molar-refractivity contribution in [3.8, 4) is 0 Å². The summed E-state index contributed by atoms with van der Waals surface area (Å²) in [4.78, 5) is 39.9. The highest BCUT2D eigenvalue weighted by Crippen LogP contribution is 2.42. The van der Waals surface area contributed by atoms with E-state index in [9.17, 15) is 9.59 Å². The average molecular weight is 404 g/mol. The summed E-state index contributed by atoms with van der Waals surface area (Å²) in [5, 5.41) is 0. The van der Waals surface area contributed by atoms with Gasteiger partial charge in [0, 0.05) is 51.3 Å². The fourth-order valence-corrected chi connectivity index (χ4v) is 5.37. The van der Waals surface area contributed by atoms with Gasteiger partial charge in [-0.05, 0) is 45.7 Å². The van der Waals surface area contributed by atoms with Crippen LogP contribution in [0.2, 0.25) is 0 Å². The third kappa shape index (κ3) is 3.80. The normalized spacial score (nSPS) is 22.7. The molecule has 2 saturated heterocycles. The van der Waals surface area contributed by atoms with E-state index in [0.29, 0.717) is 32.1 Å². The van der Waals surface area contributed by atoms with Gasteiger partial charge in [-0.15, -0.1) is 0 Å². The van der Waals surface area contributed by atoms with Crippen molar-refractivity contribution in [1.29, 1.82) is 0 Å². The molecule has 1 aromatic rings. The number of H-pyrrole nitrogens is 1. The van der Waals surface area contributed by atoms with E-state index in [1.54, 1.807) is 13.4 Å². The maximum Gasteiger partial charge on any atom is 0.249 e. The number of nitrogens with zero attached hydrogens (tertiary/aromatic N) is 4. The van der Waals surface area contributed by atoms with Crippen molar-refractivity contribution in [3.05, 3.63) is 17.7 Å². The lowest BCUT2D eigenvalue weighted by molar-refractivity contribution is -0.148. The van der Waals surface area contributed by atoms with Gasteiger partial charge >= 0.3 is 0 Å². The van der Waals surface area contributed by atoms with Crippen molar-refractivity contribution in [2.45, 2.75) is 57.0 Å². The summed E-state index contributed by atoms with van der Waals surface area (Å²) >= 11 is 0. The van der Waals surface area contributed by atoms with E-state index in [1.165, 1.54) is 12.8 Å². The molecule has 2 fully saturated rings. The number of carbonyl (C=O) groups is 2. The van der Waals surface area contributed by atoms with Gasteiger partial charge in [0.1, 0.15) is 6.61 Å². The smallest absolute Gasteiger partial charge is 0.249 e. The largest absolute Gasteiger partial charge is 0.375 e. The summed E-state index contributed by atoms with van der Waals surface area (Å²) in [6.45, 7) is 6.45. The van der Waals surface area contributed by atoms with E-state index >= 15 is 0 Å². The lowest BCUT2D eigenvalue weighted by Crippen LogP contribution is -2.59. The van der Waals surface area contributed by atoms with E-state index < -0.39 is 5.54 Å². The quantitative estimate of drug-likeness (QED) is 0.797. The van der Waals surface area contributed by atoms with Gasteiger partial charge in [-0.25, -0.2) is 4.98 Å². The minimum Gasteiger partial charge on any atom is -0.375 e. The number of fused-ring (bicyclic) bond motifs is 2. The van der Waals surface area contributed by atoms with Gasteiger partial charge in [-0.1, -0.05) is 0 Å².